The molecule has 1 fully saturated rings. The number of unbranched alkanes of at least 4 members (excludes halogenated alkanes) is 1. The lowest BCUT2D eigenvalue weighted by atomic mass is 9.79. The Morgan fingerprint density at radius 3 is 2.18 bits per heavy atom. The molecule has 0 radical (unpaired) electrons. The first-order chi connectivity index (χ1) is 23.3. The highest BCUT2D eigenvalue weighted by atomic mass is 35.5. The number of nitrogens with zero attached hydrogens (tertiary/aromatic N) is 4. The van der Waals surface area contributed by atoms with E-state index >= 15 is 0 Å². The minimum atomic E-state index is -0.806. The molecule has 3 aromatic rings. The fourth-order valence-electron chi connectivity index (χ4n) is 7.61. The molecule has 50 heavy (non-hydrogen) atoms. The molecule has 2 heterocycles. The number of fused-ring (bicyclic) bond motifs is 1. The molecule has 2 aromatic carbocycles. The molecule has 1 aromatic heterocycles. The molecule has 0 saturated carbocycles. The molecule has 276 valence electrons. The number of benzene rings is 2. The second kappa shape index (κ2) is 16.2. The van der Waals surface area contributed by atoms with E-state index in [1.54, 1.807) is 10.6 Å². The summed E-state index contributed by atoms with van der Waals surface area (Å²) in [6.07, 6.45) is 1.45. The predicted octanol–water partition coefficient (Wildman–Crippen LogP) is 9.90. The van der Waals surface area contributed by atoms with E-state index in [0.717, 1.165) is 63.1 Å². The van der Waals surface area contributed by atoms with Gasteiger partial charge in [0.15, 0.2) is 6.23 Å². The Balaban J connectivity index is 1.41. The zero-order valence-corrected chi connectivity index (χ0v) is 33.3. The number of amides is 1. The molecule has 0 N–H and O–H groups in total. The van der Waals surface area contributed by atoms with Crippen LogP contribution in [0.4, 0.5) is 10.5 Å². The second-order valence-electron chi connectivity index (χ2n) is 16.8. The number of hydrogen-bond acceptors (Lipinski definition) is 6. The van der Waals surface area contributed by atoms with Crippen molar-refractivity contribution in [3.63, 3.8) is 0 Å². The summed E-state index contributed by atoms with van der Waals surface area (Å²) >= 11 is 12.7. The van der Waals surface area contributed by atoms with Gasteiger partial charge >= 0.3 is 6.09 Å². The smallest absolute Gasteiger partial charge is 0.412 e. The Morgan fingerprint density at radius 1 is 0.900 bits per heavy atom. The molecule has 1 atom stereocenters. The maximum Gasteiger partial charge on any atom is 0.412 e. The normalized spacial score (nSPS) is 15.4. The fourth-order valence-corrected chi connectivity index (χ4v) is 8.03. The Kier molecular flexibility index (Phi) is 12.9. The van der Waals surface area contributed by atoms with Gasteiger partial charge in [-0.05, 0) is 102 Å². The molecule has 1 saturated heterocycles. The van der Waals surface area contributed by atoms with Crippen LogP contribution in [0.15, 0.2) is 53.3 Å². The Labute approximate surface area is 309 Å². The Bertz CT molecular complexity index is 1670. The van der Waals surface area contributed by atoms with Crippen molar-refractivity contribution in [3.8, 4) is 5.75 Å². The third kappa shape index (κ3) is 10.1. The minimum absolute atomic E-state index is 0.00336. The van der Waals surface area contributed by atoms with Crippen LogP contribution in [0.5, 0.6) is 5.75 Å². The van der Waals surface area contributed by atoms with Crippen molar-refractivity contribution in [1.82, 2.24) is 14.4 Å². The zero-order chi connectivity index (χ0) is 37.0. The van der Waals surface area contributed by atoms with Crippen LogP contribution in [0, 0.1) is 11.3 Å². The number of carbonyl (C=O) groups is 1. The number of hydrogen-bond donors (Lipinski definition) is 0. The van der Waals surface area contributed by atoms with E-state index in [1.165, 1.54) is 0 Å². The molecular weight excluding hydrogens is 671 g/mol. The van der Waals surface area contributed by atoms with Crippen LogP contribution in [-0.4, -0.2) is 70.9 Å². The van der Waals surface area contributed by atoms with E-state index in [4.69, 9.17) is 32.7 Å². The van der Waals surface area contributed by atoms with E-state index < -0.39 is 23.4 Å². The Morgan fingerprint density at radius 2 is 1.56 bits per heavy atom. The average Bonchev–Trinajstić information content (AvgIpc) is 2.99. The number of halogens is 2. The maximum atomic E-state index is 14.1. The number of carbonyl (C=O) groups excluding carboxylic acids is 1. The van der Waals surface area contributed by atoms with Crippen LogP contribution in [-0.2, 0) is 4.74 Å². The highest BCUT2D eigenvalue weighted by molar-refractivity contribution is 6.43. The summed E-state index contributed by atoms with van der Waals surface area (Å²) in [5.74, 6) is 0.518. The molecular formula is C40H58Cl2N4O4. The fraction of sp³-hybridized carbons (Fsp3) is 0.600. The summed E-state index contributed by atoms with van der Waals surface area (Å²) in [5.41, 5.74) is 0.455. The first-order valence-corrected chi connectivity index (χ1v) is 18.7. The van der Waals surface area contributed by atoms with Crippen molar-refractivity contribution in [2.24, 2.45) is 11.3 Å². The van der Waals surface area contributed by atoms with Gasteiger partial charge in [-0.15, -0.1) is 0 Å². The van der Waals surface area contributed by atoms with Crippen molar-refractivity contribution in [2.75, 3.05) is 44.2 Å². The largest absolute Gasteiger partial charge is 0.494 e. The second-order valence-corrected chi connectivity index (χ2v) is 17.6. The number of anilines is 1. The third-order valence-electron chi connectivity index (χ3n) is 9.15. The highest BCUT2D eigenvalue weighted by Crippen LogP contribution is 2.37. The molecule has 10 heteroatoms. The molecule has 0 bridgehead atoms. The maximum absolute atomic E-state index is 14.1. The van der Waals surface area contributed by atoms with Crippen LogP contribution in [0.25, 0.3) is 10.9 Å². The molecule has 8 nitrogen and oxygen atoms in total. The van der Waals surface area contributed by atoms with Crippen LogP contribution >= 0.6 is 23.2 Å². The molecule has 1 amide bonds. The van der Waals surface area contributed by atoms with Crippen molar-refractivity contribution >= 4 is 45.9 Å². The van der Waals surface area contributed by atoms with E-state index in [-0.39, 0.29) is 16.9 Å². The van der Waals surface area contributed by atoms with Crippen LogP contribution in [0.3, 0.4) is 0 Å². The van der Waals surface area contributed by atoms with Crippen molar-refractivity contribution in [3.05, 3.63) is 68.9 Å². The van der Waals surface area contributed by atoms with Gasteiger partial charge in [-0.1, -0.05) is 63.9 Å². The Hall–Kier alpha value is -2.94. The monoisotopic (exact) mass is 728 g/mol. The van der Waals surface area contributed by atoms with E-state index in [0.29, 0.717) is 27.9 Å². The minimum Gasteiger partial charge on any atom is -0.494 e. The standard InChI is InChI=1S/C40H58Cl2N4O4/c1-28(2)36(50-37(48)46(39(6,7)8)40(9,10)27-38(3,4)5)45-33-26-30(18-16-29(33)17-19-34(45)47)49-25-12-11-20-43-21-23-44(24-22-43)32-15-13-14-31(41)35(32)42/h13-19,26,28,36H,11-12,20-25,27H2,1-10H3. The topological polar surface area (TPSA) is 67.2 Å². The van der Waals surface area contributed by atoms with Gasteiger partial charge in [-0.2, -0.15) is 0 Å². The summed E-state index contributed by atoms with van der Waals surface area (Å²) in [7, 11) is 0. The van der Waals surface area contributed by atoms with Gasteiger partial charge in [0.05, 0.1) is 27.9 Å². The van der Waals surface area contributed by atoms with Gasteiger partial charge < -0.3 is 14.4 Å². The summed E-state index contributed by atoms with van der Waals surface area (Å²) in [6, 6.07) is 14.9. The van der Waals surface area contributed by atoms with E-state index in [1.807, 2.05) is 82.0 Å². The summed E-state index contributed by atoms with van der Waals surface area (Å²) in [6.45, 7) is 26.0. The first-order valence-electron chi connectivity index (χ1n) is 18.0. The molecule has 1 aliphatic rings. The first kappa shape index (κ1) is 39.8. The van der Waals surface area contributed by atoms with Crippen molar-refractivity contribution in [1.29, 1.82) is 0 Å². The number of rotatable bonds is 12. The van der Waals surface area contributed by atoms with Gasteiger partial charge in [0.25, 0.3) is 5.56 Å². The lowest BCUT2D eigenvalue weighted by Gasteiger charge is -2.49. The van der Waals surface area contributed by atoms with E-state index in [2.05, 4.69) is 44.4 Å². The summed E-state index contributed by atoms with van der Waals surface area (Å²) in [4.78, 5) is 34.2. The SMILES string of the molecule is CC(C)C(OC(=O)N(C(C)(C)C)C(C)(C)CC(C)(C)C)n1c(=O)ccc2ccc(OCCCCN3CCN(c4cccc(Cl)c4Cl)CC3)cc21. The van der Waals surface area contributed by atoms with Gasteiger partial charge in [0, 0.05) is 55.3 Å². The van der Waals surface area contributed by atoms with Crippen molar-refractivity contribution in [2.45, 2.75) is 106 Å². The third-order valence-corrected chi connectivity index (χ3v) is 9.96. The highest BCUT2D eigenvalue weighted by Gasteiger charge is 2.43. The summed E-state index contributed by atoms with van der Waals surface area (Å²) in [5, 5.41) is 2.08. The molecule has 0 aliphatic carbocycles. The van der Waals surface area contributed by atoms with Gasteiger partial charge in [0.2, 0.25) is 0 Å². The molecule has 1 aliphatic heterocycles. The van der Waals surface area contributed by atoms with Crippen LogP contribution in [0.1, 0.15) is 94.7 Å². The number of aromatic nitrogens is 1. The number of piperazine rings is 1. The average molecular weight is 730 g/mol. The quantitative estimate of drug-likeness (QED) is 0.173. The van der Waals surface area contributed by atoms with Crippen LogP contribution in [0.2, 0.25) is 10.0 Å². The lowest BCUT2D eigenvalue weighted by molar-refractivity contribution is -0.0460. The van der Waals surface area contributed by atoms with Gasteiger partial charge in [-0.25, -0.2) is 4.79 Å². The molecule has 0 spiro atoms. The predicted molar refractivity (Wildman–Crippen MR) is 208 cm³/mol. The van der Waals surface area contributed by atoms with Crippen molar-refractivity contribution < 1.29 is 14.3 Å². The lowest BCUT2D eigenvalue weighted by Crippen LogP contribution is -2.58. The van der Waals surface area contributed by atoms with Gasteiger partial charge in [-0.3, -0.25) is 19.2 Å². The number of ether oxygens (including phenoxy) is 2. The van der Waals surface area contributed by atoms with Crippen LogP contribution < -0.4 is 15.2 Å². The van der Waals surface area contributed by atoms with E-state index in [9.17, 15) is 9.59 Å². The zero-order valence-electron chi connectivity index (χ0n) is 31.8. The van der Waals surface area contributed by atoms with Gasteiger partial charge in [0.1, 0.15) is 5.75 Å². The molecule has 1 unspecified atom stereocenters. The summed E-state index contributed by atoms with van der Waals surface area (Å²) < 4.78 is 14.1. The molecule has 4 rings (SSSR count). The number of pyridine rings is 1.